The standard InChI is InChI=1S/C40H56N4O8S3/c1-39(2,3)25-15-23-19-43-13-9-11-29(43)35(47)41-27(37(49)51-7)21-53-54-22-28(38(50)52-8)42-36(48)30-12-10-14-44(30)20-24-16-26(40(4,5)6)18-32(34(24)46)55-31(17-25)33(23)45/h15-18,27-30,45-46H,9-14,19-22H2,1-8H3,(H,41,47)(H,42,48)/t27?,28?,29-,30+. The van der Waals surface area contributed by atoms with Crippen LogP contribution in [0.5, 0.6) is 11.5 Å². The van der Waals surface area contributed by atoms with E-state index >= 15 is 0 Å². The molecule has 4 bridgehead atoms. The molecule has 3 heterocycles. The molecule has 0 spiro atoms. The summed E-state index contributed by atoms with van der Waals surface area (Å²) in [6.07, 6.45) is 2.69. The highest BCUT2D eigenvalue weighted by Crippen LogP contribution is 2.46. The molecule has 2 aromatic rings. The molecule has 2 aromatic carbocycles. The fourth-order valence-corrected chi connectivity index (χ4v) is 10.5. The maximum Gasteiger partial charge on any atom is 0.329 e. The number of phenols is 2. The van der Waals surface area contributed by atoms with Crippen LogP contribution in [0.2, 0.25) is 0 Å². The summed E-state index contributed by atoms with van der Waals surface area (Å²) in [6.45, 7) is 14.5. The molecule has 2 saturated heterocycles. The van der Waals surface area contributed by atoms with Crippen molar-refractivity contribution >= 4 is 57.1 Å². The average Bonchev–Trinajstić information content (AvgIpc) is 3.79. The highest BCUT2D eigenvalue weighted by atomic mass is 33.1. The van der Waals surface area contributed by atoms with Gasteiger partial charge in [0.1, 0.15) is 23.6 Å². The van der Waals surface area contributed by atoms with E-state index in [0.717, 1.165) is 24.0 Å². The second-order valence-corrected chi connectivity index (χ2v) is 20.2. The van der Waals surface area contributed by atoms with Gasteiger partial charge in [0, 0.05) is 35.7 Å². The van der Waals surface area contributed by atoms with Crippen LogP contribution >= 0.6 is 33.3 Å². The maximum absolute atomic E-state index is 13.8. The molecule has 2 amide bonds. The van der Waals surface area contributed by atoms with Crippen LogP contribution in [0.15, 0.2) is 34.1 Å². The lowest BCUT2D eigenvalue weighted by Crippen LogP contribution is -2.51. The number of aromatic hydroxyl groups is 2. The van der Waals surface area contributed by atoms with Gasteiger partial charge >= 0.3 is 11.9 Å². The Morgan fingerprint density at radius 2 is 1.07 bits per heavy atom. The Kier molecular flexibility index (Phi) is 14.1. The van der Waals surface area contributed by atoms with Crippen molar-refractivity contribution in [2.75, 3.05) is 38.8 Å². The number of esters is 2. The third-order valence-electron chi connectivity index (χ3n) is 10.5. The van der Waals surface area contributed by atoms with Crippen molar-refractivity contribution < 1.29 is 38.9 Å². The SMILES string of the molecule is COC(=O)C1CSSCC(C(=O)OC)NC(=O)[C@@H]2CCCN2Cc2cc(C(C)(C)C)cc(c2O)Sc2cc(C(C)(C)C)cc(c2O)CN2CCC[C@@H]2C(=O)N1. The number of methoxy groups -OCH3 is 2. The largest absolute Gasteiger partial charge is 0.506 e. The fourth-order valence-electron chi connectivity index (χ4n) is 7.16. The average molecular weight is 817 g/mol. The molecule has 12 nitrogen and oxygen atoms in total. The maximum atomic E-state index is 13.8. The predicted octanol–water partition coefficient (Wildman–Crippen LogP) is 5.48. The van der Waals surface area contributed by atoms with Gasteiger partial charge in [0.2, 0.25) is 11.8 Å². The summed E-state index contributed by atoms with van der Waals surface area (Å²) in [7, 11) is 5.11. The zero-order valence-corrected chi connectivity index (χ0v) is 35.6. The Balaban J connectivity index is 1.60. The minimum absolute atomic E-state index is 0.0851. The van der Waals surface area contributed by atoms with Gasteiger partial charge in [-0.05, 0) is 72.9 Å². The molecule has 55 heavy (non-hydrogen) atoms. The molecular weight excluding hydrogens is 761 g/mol. The molecule has 2 fully saturated rings. The van der Waals surface area contributed by atoms with Gasteiger partial charge in [-0.3, -0.25) is 19.4 Å². The van der Waals surface area contributed by atoms with Crippen molar-refractivity contribution in [3.63, 3.8) is 0 Å². The van der Waals surface area contributed by atoms with Crippen LogP contribution in [0.4, 0.5) is 0 Å². The monoisotopic (exact) mass is 816 g/mol. The summed E-state index contributed by atoms with van der Waals surface area (Å²) < 4.78 is 10.1. The molecular formula is C40H56N4O8S3. The first-order chi connectivity index (χ1) is 25.9. The van der Waals surface area contributed by atoms with Gasteiger partial charge in [-0.1, -0.05) is 87.0 Å². The van der Waals surface area contributed by atoms with Crippen molar-refractivity contribution in [3.8, 4) is 11.5 Å². The first-order valence-electron chi connectivity index (χ1n) is 18.8. The van der Waals surface area contributed by atoms with Crippen LogP contribution in [0.1, 0.15) is 89.5 Å². The van der Waals surface area contributed by atoms with E-state index in [9.17, 15) is 29.4 Å². The number of ether oxygens (including phenoxy) is 2. The molecule has 302 valence electrons. The summed E-state index contributed by atoms with van der Waals surface area (Å²) in [5.41, 5.74) is 2.79. The third kappa shape index (κ3) is 10.4. The summed E-state index contributed by atoms with van der Waals surface area (Å²) in [5.74, 6) is -1.29. The highest BCUT2D eigenvalue weighted by molar-refractivity contribution is 8.76. The number of rotatable bonds is 2. The number of phenolic OH excluding ortho intramolecular Hbond substituents is 2. The number of amides is 2. The fraction of sp³-hybridized carbons (Fsp3) is 0.600. The molecule has 0 radical (unpaired) electrons. The molecule has 0 aromatic heterocycles. The summed E-state index contributed by atoms with van der Waals surface area (Å²) in [6, 6.07) is 4.96. The number of carbonyl (C=O) groups is 4. The van der Waals surface area contributed by atoms with Crippen LogP contribution in [-0.4, -0.2) is 107 Å². The van der Waals surface area contributed by atoms with Gasteiger partial charge in [0.25, 0.3) is 0 Å². The van der Waals surface area contributed by atoms with E-state index in [0.29, 0.717) is 59.9 Å². The Morgan fingerprint density at radius 1 is 0.691 bits per heavy atom. The van der Waals surface area contributed by atoms with E-state index in [4.69, 9.17) is 9.47 Å². The Labute approximate surface area is 337 Å². The van der Waals surface area contributed by atoms with E-state index in [1.807, 2.05) is 34.1 Å². The molecule has 5 rings (SSSR count). The second-order valence-electron chi connectivity index (χ2n) is 16.6. The molecule has 3 aliphatic heterocycles. The van der Waals surface area contributed by atoms with Gasteiger partial charge < -0.3 is 30.3 Å². The number of fused-ring (bicyclic) bond motifs is 6. The molecule has 15 heteroatoms. The van der Waals surface area contributed by atoms with Gasteiger partial charge in [-0.2, -0.15) is 0 Å². The third-order valence-corrected chi connectivity index (χ3v) is 14.0. The van der Waals surface area contributed by atoms with Crippen molar-refractivity contribution in [1.29, 1.82) is 0 Å². The van der Waals surface area contributed by atoms with Gasteiger partial charge in [-0.15, -0.1) is 0 Å². The lowest BCUT2D eigenvalue weighted by Gasteiger charge is -2.28. The van der Waals surface area contributed by atoms with Crippen LogP contribution in [0, 0.1) is 0 Å². The molecule has 3 aliphatic rings. The number of nitrogens with one attached hydrogen (secondary N) is 2. The Hall–Kier alpha value is -3.11. The van der Waals surface area contributed by atoms with Gasteiger partial charge in [0.05, 0.1) is 36.1 Å². The van der Waals surface area contributed by atoms with E-state index in [-0.39, 0.29) is 45.6 Å². The van der Waals surface area contributed by atoms with Crippen LogP contribution in [0.3, 0.4) is 0 Å². The lowest BCUT2D eigenvalue weighted by molar-refractivity contribution is -0.145. The van der Waals surface area contributed by atoms with Gasteiger partial charge in [-0.25, -0.2) is 9.59 Å². The number of carbonyl (C=O) groups excluding carboxylic acids is 4. The molecule has 4 N–H and O–H groups in total. The van der Waals surface area contributed by atoms with E-state index in [1.54, 1.807) is 0 Å². The predicted molar refractivity (Wildman–Crippen MR) is 217 cm³/mol. The first-order valence-corrected chi connectivity index (χ1v) is 22.1. The molecule has 2 unspecified atom stereocenters. The second kappa shape index (κ2) is 18.0. The summed E-state index contributed by atoms with van der Waals surface area (Å²) >= 11 is 1.30. The minimum Gasteiger partial charge on any atom is -0.506 e. The zero-order chi connectivity index (χ0) is 40.2. The number of hydrogen-bond acceptors (Lipinski definition) is 13. The lowest BCUT2D eigenvalue weighted by atomic mass is 9.86. The van der Waals surface area contributed by atoms with Crippen LogP contribution in [0.25, 0.3) is 0 Å². The van der Waals surface area contributed by atoms with Crippen molar-refractivity contribution in [1.82, 2.24) is 20.4 Å². The summed E-state index contributed by atoms with van der Waals surface area (Å²) in [4.78, 5) is 58.6. The van der Waals surface area contributed by atoms with Crippen molar-refractivity contribution in [2.45, 2.75) is 125 Å². The smallest absolute Gasteiger partial charge is 0.329 e. The Bertz CT molecular complexity index is 1640. The normalized spacial score (nSPS) is 23.9. The quantitative estimate of drug-likeness (QED) is 0.223. The van der Waals surface area contributed by atoms with Crippen molar-refractivity contribution in [3.05, 3.63) is 46.5 Å². The van der Waals surface area contributed by atoms with E-state index < -0.39 is 36.1 Å². The van der Waals surface area contributed by atoms with E-state index in [2.05, 4.69) is 52.2 Å². The topological polar surface area (TPSA) is 158 Å². The van der Waals surface area contributed by atoms with Gasteiger partial charge in [0.15, 0.2) is 0 Å². The first kappa shape index (κ1) is 43.0. The number of hydrogen-bond donors (Lipinski definition) is 4. The molecule has 0 aliphatic carbocycles. The molecule has 4 atom stereocenters. The highest BCUT2D eigenvalue weighted by Gasteiger charge is 2.37. The molecule has 0 saturated carbocycles. The summed E-state index contributed by atoms with van der Waals surface area (Å²) in [5, 5.41) is 29.6. The van der Waals surface area contributed by atoms with Crippen molar-refractivity contribution in [2.24, 2.45) is 0 Å². The minimum atomic E-state index is -0.946. The zero-order valence-electron chi connectivity index (χ0n) is 33.2. The van der Waals surface area contributed by atoms with E-state index in [1.165, 1.54) is 47.6 Å². The van der Waals surface area contributed by atoms with Crippen LogP contribution in [-0.2, 0) is 52.6 Å². The Morgan fingerprint density at radius 3 is 1.42 bits per heavy atom. The number of benzene rings is 2. The van der Waals surface area contributed by atoms with Crippen LogP contribution < -0.4 is 10.6 Å². The number of nitrogens with zero attached hydrogens (tertiary/aromatic N) is 2.